The van der Waals surface area contributed by atoms with E-state index in [2.05, 4.69) is 10.4 Å². The van der Waals surface area contributed by atoms with E-state index in [0.717, 1.165) is 42.6 Å². The first-order valence-corrected chi connectivity index (χ1v) is 11.5. The molecule has 1 fully saturated rings. The zero-order valence-electron chi connectivity index (χ0n) is 17.6. The molecule has 1 aromatic heterocycles. The lowest BCUT2D eigenvalue weighted by Gasteiger charge is -2.30. The van der Waals surface area contributed by atoms with Crippen LogP contribution in [0.15, 0.2) is 29.2 Å². The molecule has 29 heavy (non-hydrogen) atoms. The van der Waals surface area contributed by atoms with Crippen LogP contribution in [0.25, 0.3) is 0 Å². The fourth-order valence-corrected chi connectivity index (χ4v) is 5.37. The SMILES string of the molecule is Cc1nn(C)c(C)c1CC(=O)Nc1ccc(S(=O)(=O)N(C)C2CCCCC2)cc1. The number of aromatic nitrogens is 2. The van der Waals surface area contributed by atoms with Crippen molar-refractivity contribution in [3.8, 4) is 0 Å². The third-order valence-corrected chi connectivity index (χ3v) is 7.82. The Hall–Kier alpha value is -2.19. The predicted octanol–water partition coefficient (Wildman–Crippen LogP) is 3.17. The number of benzene rings is 1. The Balaban J connectivity index is 1.67. The van der Waals surface area contributed by atoms with Gasteiger partial charge in [0.25, 0.3) is 0 Å². The topological polar surface area (TPSA) is 84.3 Å². The van der Waals surface area contributed by atoms with Crippen LogP contribution in [0, 0.1) is 13.8 Å². The number of hydrogen-bond acceptors (Lipinski definition) is 4. The Morgan fingerprint density at radius 3 is 2.34 bits per heavy atom. The average Bonchev–Trinajstić information content (AvgIpc) is 2.94. The van der Waals surface area contributed by atoms with Gasteiger partial charge in [-0.25, -0.2) is 8.42 Å². The van der Waals surface area contributed by atoms with Crippen LogP contribution >= 0.6 is 0 Å². The van der Waals surface area contributed by atoms with Crippen molar-refractivity contribution in [3.63, 3.8) is 0 Å². The van der Waals surface area contributed by atoms with Crippen LogP contribution in [-0.4, -0.2) is 41.5 Å². The summed E-state index contributed by atoms with van der Waals surface area (Å²) in [6.45, 7) is 3.82. The highest BCUT2D eigenvalue weighted by Gasteiger charge is 2.29. The first-order chi connectivity index (χ1) is 13.7. The third-order valence-electron chi connectivity index (χ3n) is 5.90. The van der Waals surface area contributed by atoms with Crippen molar-refractivity contribution < 1.29 is 13.2 Å². The molecule has 3 rings (SSSR count). The molecule has 0 radical (unpaired) electrons. The van der Waals surface area contributed by atoms with E-state index in [1.165, 1.54) is 10.7 Å². The maximum atomic E-state index is 12.9. The lowest BCUT2D eigenvalue weighted by atomic mass is 9.96. The second-order valence-electron chi connectivity index (χ2n) is 7.84. The third kappa shape index (κ3) is 4.70. The molecule has 1 heterocycles. The number of anilines is 1. The molecule has 0 spiro atoms. The number of hydrogen-bond donors (Lipinski definition) is 1. The van der Waals surface area contributed by atoms with Gasteiger partial charge in [-0.1, -0.05) is 19.3 Å². The van der Waals surface area contributed by atoms with Crippen LogP contribution in [0.1, 0.15) is 49.1 Å². The van der Waals surface area contributed by atoms with Gasteiger partial charge in [-0.05, 0) is 51.0 Å². The minimum absolute atomic E-state index is 0.0686. The first kappa shape index (κ1) is 21.5. The van der Waals surface area contributed by atoms with Crippen LogP contribution in [0.2, 0.25) is 0 Å². The van der Waals surface area contributed by atoms with E-state index in [9.17, 15) is 13.2 Å². The minimum atomic E-state index is -3.53. The maximum absolute atomic E-state index is 12.9. The van der Waals surface area contributed by atoms with E-state index in [4.69, 9.17) is 0 Å². The van der Waals surface area contributed by atoms with Crippen molar-refractivity contribution in [2.75, 3.05) is 12.4 Å². The molecule has 2 aromatic rings. The molecular weight excluding hydrogens is 388 g/mol. The molecule has 158 valence electrons. The number of aryl methyl sites for hydroxylation is 2. The highest BCUT2D eigenvalue weighted by molar-refractivity contribution is 7.89. The van der Waals surface area contributed by atoms with Gasteiger partial charge in [0, 0.05) is 37.1 Å². The van der Waals surface area contributed by atoms with E-state index < -0.39 is 10.0 Å². The number of carbonyl (C=O) groups is 1. The Morgan fingerprint density at radius 1 is 1.17 bits per heavy atom. The number of carbonyl (C=O) groups excluding carboxylic acids is 1. The molecule has 0 bridgehead atoms. The molecule has 1 amide bonds. The Bertz CT molecular complexity index is 974. The van der Waals surface area contributed by atoms with E-state index in [1.807, 2.05) is 20.9 Å². The average molecular weight is 419 g/mol. The smallest absolute Gasteiger partial charge is 0.243 e. The van der Waals surface area contributed by atoms with Gasteiger partial charge in [0.1, 0.15) is 0 Å². The summed E-state index contributed by atoms with van der Waals surface area (Å²) in [7, 11) is -0.0106. The number of rotatable bonds is 6. The Morgan fingerprint density at radius 2 is 1.79 bits per heavy atom. The maximum Gasteiger partial charge on any atom is 0.243 e. The summed E-state index contributed by atoms with van der Waals surface area (Å²) in [4.78, 5) is 12.7. The number of amides is 1. The summed E-state index contributed by atoms with van der Waals surface area (Å²) in [6, 6.07) is 6.47. The molecule has 0 atom stereocenters. The lowest BCUT2D eigenvalue weighted by Crippen LogP contribution is -2.38. The van der Waals surface area contributed by atoms with Crippen molar-refractivity contribution in [1.82, 2.24) is 14.1 Å². The molecular formula is C21H30N4O3S. The molecule has 1 aliphatic carbocycles. The van der Waals surface area contributed by atoms with Crippen LogP contribution in [0.3, 0.4) is 0 Å². The van der Waals surface area contributed by atoms with E-state index >= 15 is 0 Å². The van der Waals surface area contributed by atoms with Crippen LogP contribution < -0.4 is 5.32 Å². The lowest BCUT2D eigenvalue weighted by molar-refractivity contribution is -0.115. The summed E-state index contributed by atoms with van der Waals surface area (Å²) in [5.41, 5.74) is 3.30. The molecule has 1 saturated carbocycles. The quantitative estimate of drug-likeness (QED) is 0.781. The summed E-state index contributed by atoms with van der Waals surface area (Å²) in [6.07, 6.45) is 5.39. The second-order valence-corrected chi connectivity index (χ2v) is 9.83. The standard InChI is InChI=1S/C21H30N4O3S/c1-15-20(16(2)24(3)23-15)14-21(26)22-17-10-12-19(13-11-17)29(27,28)25(4)18-8-6-5-7-9-18/h10-13,18H,5-9,14H2,1-4H3,(H,22,26). The van der Waals surface area contributed by atoms with E-state index in [0.29, 0.717) is 5.69 Å². The molecule has 8 heteroatoms. The molecule has 0 aliphatic heterocycles. The van der Waals surface area contributed by atoms with Crippen LogP contribution in [-0.2, 0) is 28.3 Å². The zero-order valence-corrected chi connectivity index (χ0v) is 18.4. The number of nitrogens with zero attached hydrogens (tertiary/aromatic N) is 3. The molecule has 1 aliphatic rings. The summed E-state index contributed by atoms with van der Waals surface area (Å²) >= 11 is 0. The summed E-state index contributed by atoms with van der Waals surface area (Å²) < 4.78 is 29.1. The number of sulfonamides is 1. The van der Waals surface area contributed by atoms with Gasteiger partial charge in [-0.15, -0.1) is 0 Å². The van der Waals surface area contributed by atoms with Crippen molar-refractivity contribution in [1.29, 1.82) is 0 Å². The fourth-order valence-electron chi connectivity index (χ4n) is 3.96. The van der Waals surface area contributed by atoms with E-state index in [1.54, 1.807) is 36.0 Å². The van der Waals surface area contributed by atoms with Crippen molar-refractivity contribution in [2.24, 2.45) is 7.05 Å². The monoisotopic (exact) mass is 418 g/mol. The van der Waals surface area contributed by atoms with Gasteiger partial charge in [0.2, 0.25) is 15.9 Å². The van der Waals surface area contributed by atoms with Gasteiger partial charge >= 0.3 is 0 Å². The molecule has 7 nitrogen and oxygen atoms in total. The van der Waals surface area contributed by atoms with Crippen molar-refractivity contribution in [2.45, 2.75) is 63.3 Å². The van der Waals surface area contributed by atoms with Crippen LogP contribution in [0.4, 0.5) is 5.69 Å². The van der Waals surface area contributed by atoms with Gasteiger partial charge < -0.3 is 5.32 Å². The van der Waals surface area contributed by atoms with Gasteiger partial charge in [0.05, 0.1) is 17.0 Å². The molecule has 0 unspecified atom stereocenters. The zero-order chi connectivity index (χ0) is 21.2. The van der Waals surface area contributed by atoms with Crippen LogP contribution in [0.5, 0.6) is 0 Å². The molecule has 1 N–H and O–H groups in total. The summed E-state index contributed by atoms with van der Waals surface area (Å²) in [5.74, 6) is -0.154. The summed E-state index contributed by atoms with van der Waals surface area (Å²) in [5, 5.41) is 7.17. The Kier molecular flexibility index (Phi) is 6.43. The van der Waals surface area contributed by atoms with Crippen molar-refractivity contribution >= 4 is 21.6 Å². The highest BCUT2D eigenvalue weighted by Crippen LogP contribution is 2.27. The minimum Gasteiger partial charge on any atom is -0.326 e. The number of nitrogens with one attached hydrogen (secondary N) is 1. The van der Waals surface area contributed by atoms with E-state index in [-0.39, 0.29) is 23.3 Å². The Labute approximate surface area is 173 Å². The van der Waals surface area contributed by atoms with Crippen molar-refractivity contribution in [3.05, 3.63) is 41.2 Å². The van der Waals surface area contributed by atoms with Gasteiger partial charge in [0.15, 0.2) is 0 Å². The normalized spacial score (nSPS) is 15.6. The largest absolute Gasteiger partial charge is 0.326 e. The molecule has 0 saturated heterocycles. The predicted molar refractivity (Wildman–Crippen MR) is 113 cm³/mol. The molecule has 1 aromatic carbocycles. The second kappa shape index (κ2) is 8.67. The fraction of sp³-hybridized carbons (Fsp3) is 0.524. The first-order valence-electron chi connectivity index (χ1n) is 10.1. The highest BCUT2D eigenvalue weighted by atomic mass is 32.2. The van der Waals surface area contributed by atoms with Gasteiger partial charge in [-0.2, -0.15) is 9.40 Å². The van der Waals surface area contributed by atoms with Gasteiger partial charge in [-0.3, -0.25) is 9.48 Å².